The molecule has 1 N–H and O–H groups in total. The summed E-state index contributed by atoms with van der Waals surface area (Å²) in [6.45, 7) is 5.52. The highest BCUT2D eigenvalue weighted by Crippen LogP contribution is 2.37. The molecular weight excluding hydrogens is 234 g/mol. The predicted octanol–water partition coefficient (Wildman–Crippen LogP) is 2.74. The summed E-state index contributed by atoms with van der Waals surface area (Å²) in [6.07, 6.45) is 6.09. The Hall–Kier alpha value is 0.0700. The van der Waals surface area contributed by atoms with Crippen molar-refractivity contribution in [3.63, 3.8) is 0 Å². The SMILES string of the molecule is CC(C)N(C)CCC(CCS(=O)O)CC1CC1. The molecule has 0 aliphatic heterocycles. The zero-order chi connectivity index (χ0) is 12.8. The van der Waals surface area contributed by atoms with Crippen LogP contribution >= 0.6 is 0 Å². The van der Waals surface area contributed by atoms with Gasteiger partial charge in [-0.2, -0.15) is 0 Å². The minimum Gasteiger partial charge on any atom is -0.306 e. The number of hydrogen-bond donors (Lipinski definition) is 1. The average molecular weight is 261 g/mol. The Morgan fingerprint density at radius 1 is 1.35 bits per heavy atom. The Labute approximate surface area is 108 Å². The first-order chi connectivity index (χ1) is 7.99. The fourth-order valence-corrected chi connectivity index (χ4v) is 2.65. The summed E-state index contributed by atoms with van der Waals surface area (Å²) in [6, 6.07) is 0.587. The molecule has 0 aromatic heterocycles. The van der Waals surface area contributed by atoms with Crippen molar-refractivity contribution in [2.75, 3.05) is 19.3 Å². The standard InChI is InChI=1S/C13H27NO2S/c1-11(2)14(3)8-6-13(7-9-17(15)16)10-12-4-5-12/h11-13H,4-10H2,1-3H3,(H,15,16). The van der Waals surface area contributed by atoms with Gasteiger partial charge in [-0.05, 0) is 58.5 Å². The van der Waals surface area contributed by atoms with E-state index in [9.17, 15) is 4.21 Å². The van der Waals surface area contributed by atoms with Gasteiger partial charge in [0.25, 0.3) is 0 Å². The van der Waals surface area contributed by atoms with Crippen LogP contribution in [-0.4, -0.2) is 39.0 Å². The van der Waals surface area contributed by atoms with Crippen molar-refractivity contribution in [3.05, 3.63) is 0 Å². The van der Waals surface area contributed by atoms with Gasteiger partial charge in [-0.3, -0.25) is 0 Å². The van der Waals surface area contributed by atoms with E-state index >= 15 is 0 Å². The van der Waals surface area contributed by atoms with Gasteiger partial charge in [0.1, 0.15) is 0 Å². The topological polar surface area (TPSA) is 40.5 Å². The lowest BCUT2D eigenvalue weighted by Gasteiger charge is -2.24. The molecular formula is C13H27NO2S. The summed E-state index contributed by atoms with van der Waals surface area (Å²) in [5, 5.41) is 0. The van der Waals surface area contributed by atoms with Crippen LogP contribution in [0.2, 0.25) is 0 Å². The molecule has 1 rings (SSSR count). The first-order valence-electron chi connectivity index (χ1n) is 6.76. The van der Waals surface area contributed by atoms with Gasteiger partial charge in [0.2, 0.25) is 0 Å². The lowest BCUT2D eigenvalue weighted by Crippen LogP contribution is -2.28. The molecule has 17 heavy (non-hydrogen) atoms. The number of hydrogen-bond acceptors (Lipinski definition) is 2. The molecule has 0 aromatic rings. The maximum absolute atomic E-state index is 10.8. The molecule has 0 radical (unpaired) electrons. The first kappa shape index (κ1) is 15.1. The third-order valence-electron chi connectivity index (χ3n) is 3.84. The number of nitrogens with zero attached hydrogens (tertiary/aromatic N) is 1. The second kappa shape index (κ2) is 7.49. The minimum absolute atomic E-state index is 0.447. The van der Waals surface area contributed by atoms with E-state index in [0.29, 0.717) is 17.7 Å². The van der Waals surface area contributed by atoms with Crippen LogP contribution in [0.1, 0.15) is 46.0 Å². The highest BCUT2D eigenvalue weighted by Gasteiger charge is 2.25. The Kier molecular flexibility index (Phi) is 6.67. The van der Waals surface area contributed by atoms with Gasteiger partial charge < -0.3 is 9.45 Å². The van der Waals surface area contributed by atoms with Gasteiger partial charge >= 0.3 is 0 Å². The molecule has 0 bridgehead atoms. The van der Waals surface area contributed by atoms with Gasteiger partial charge in [0, 0.05) is 11.8 Å². The molecule has 1 saturated carbocycles. The van der Waals surface area contributed by atoms with Gasteiger partial charge in [-0.25, -0.2) is 4.21 Å². The van der Waals surface area contributed by atoms with Crippen molar-refractivity contribution in [2.24, 2.45) is 11.8 Å². The van der Waals surface area contributed by atoms with Crippen LogP contribution in [0.15, 0.2) is 0 Å². The molecule has 3 nitrogen and oxygen atoms in total. The molecule has 0 saturated heterocycles. The largest absolute Gasteiger partial charge is 0.306 e. The third kappa shape index (κ3) is 7.17. The summed E-state index contributed by atoms with van der Waals surface area (Å²) in [4.78, 5) is 2.36. The minimum atomic E-state index is -1.62. The molecule has 0 aromatic carbocycles. The second-order valence-corrected chi connectivity index (χ2v) is 6.77. The van der Waals surface area contributed by atoms with Crippen molar-refractivity contribution in [2.45, 2.75) is 52.0 Å². The van der Waals surface area contributed by atoms with Crippen molar-refractivity contribution >= 4 is 11.1 Å². The third-order valence-corrected chi connectivity index (χ3v) is 4.42. The molecule has 0 amide bonds. The quantitative estimate of drug-likeness (QED) is 0.649. The molecule has 1 aliphatic rings. The van der Waals surface area contributed by atoms with Gasteiger partial charge in [0.15, 0.2) is 11.1 Å². The van der Waals surface area contributed by atoms with E-state index in [0.717, 1.165) is 18.9 Å². The predicted molar refractivity (Wildman–Crippen MR) is 73.5 cm³/mol. The molecule has 1 aliphatic carbocycles. The van der Waals surface area contributed by atoms with E-state index in [2.05, 4.69) is 25.8 Å². The van der Waals surface area contributed by atoms with Crippen LogP contribution in [0.5, 0.6) is 0 Å². The molecule has 2 unspecified atom stereocenters. The van der Waals surface area contributed by atoms with Gasteiger partial charge in [-0.15, -0.1) is 0 Å². The average Bonchev–Trinajstić information content (AvgIpc) is 3.05. The smallest absolute Gasteiger partial charge is 0.152 e. The van der Waals surface area contributed by atoms with Crippen molar-refractivity contribution in [3.8, 4) is 0 Å². The van der Waals surface area contributed by atoms with Crippen LogP contribution in [0, 0.1) is 11.8 Å². The summed E-state index contributed by atoms with van der Waals surface area (Å²) in [7, 11) is 2.16. The highest BCUT2D eigenvalue weighted by molar-refractivity contribution is 7.79. The van der Waals surface area contributed by atoms with E-state index in [1.807, 2.05) is 0 Å². The number of rotatable bonds is 9. The van der Waals surface area contributed by atoms with E-state index in [1.54, 1.807) is 0 Å². The van der Waals surface area contributed by atoms with Crippen molar-refractivity contribution in [1.82, 2.24) is 4.90 Å². The summed E-state index contributed by atoms with van der Waals surface area (Å²) in [5.74, 6) is 2.00. The zero-order valence-corrected chi connectivity index (χ0v) is 12.2. The summed E-state index contributed by atoms with van der Waals surface area (Å²) >= 11 is -1.62. The fourth-order valence-electron chi connectivity index (χ4n) is 2.12. The van der Waals surface area contributed by atoms with Crippen LogP contribution in [0.25, 0.3) is 0 Å². The van der Waals surface area contributed by atoms with Crippen LogP contribution in [-0.2, 0) is 11.1 Å². The maximum atomic E-state index is 10.8. The van der Waals surface area contributed by atoms with E-state index < -0.39 is 11.1 Å². The van der Waals surface area contributed by atoms with Crippen molar-refractivity contribution in [1.29, 1.82) is 0 Å². The highest BCUT2D eigenvalue weighted by atomic mass is 32.2. The van der Waals surface area contributed by atoms with E-state index in [4.69, 9.17) is 4.55 Å². The van der Waals surface area contributed by atoms with Crippen LogP contribution in [0.4, 0.5) is 0 Å². The van der Waals surface area contributed by atoms with Gasteiger partial charge in [-0.1, -0.05) is 12.8 Å². The van der Waals surface area contributed by atoms with E-state index in [1.165, 1.54) is 25.7 Å². The Morgan fingerprint density at radius 2 is 2.00 bits per heavy atom. The first-order valence-corrected chi connectivity index (χ1v) is 8.04. The van der Waals surface area contributed by atoms with Gasteiger partial charge in [0.05, 0.1) is 0 Å². The molecule has 1 fully saturated rings. The molecule has 0 spiro atoms. The normalized spacial score (nSPS) is 19.9. The monoisotopic (exact) mass is 261 g/mol. The Morgan fingerprint density at radius 3 is 2.47 bits per heavy atom. The summed E-state index contributed by atoms with van der Waals surface area (Å²) in [5.41, 5.74) is 0. The lowest BCUT2D eigenvalue weighted by atomic mass is 9.95. The Bertz CT molecular complexity index is 242. The molecule has 102 valence electrons. The lowest BCUT2D eigenvalue weighted by molar-refractivity contribution is 0.243. The summed E-state index contributed by atoms with van der Waals surface area (Å²) < 4.78 is 19.6. The van der Waals surface area contributed by atoms with Crippen LogP contribution < -0.4 is 0 Å². The van der Waals surface area contributed by atoms with E-state index in [-0.39, 0.29) is 0 Å². The van der Waals surface area contributed by atoms with Crippen molar-refractivity contribution < 1.29 is 8.76 Å². The molecule has 4 heteroatoms. The van der Waals surface area contributed by atoms with Crippen LogP contribution in [0.3, 0.4) is 0 Å². The Balaban J connectivity index is 2.26. The molecule has 0 heterocycles. The second-order valence-electron chi connectivity index (χ2n) is 5.72. The maximum Gasteiger partial charge on any atom is 0.152 e. The molecule has 2 atom stereocenters. The fraction of sp³-hybridized carbons (Fsp3) is 1.00. The zero-order valence-electron chi connectivity index (χ0n) is 11.4.